The number of carbonyl (C=O) groups excluding carboxylic acids is 2. The number of carbonyl (C=O) groups is 2. The first-order chi connectivity index (χ1) is 25.5. The second kappa shape index (κ2) is 13.2. The summed E-state index contributed by atoms with van der Waals surface area (Å²) in [6, 6.07) is 21.9. The Morgan fingerprint density at radius 2 is 1.21 bits per heavy atom. The molecule has 1 aromatic heterocycles. The van der Waals surface area contributed by atoms with Crippen molar-refractivity contribution in [2.75, 3.05) is 6.61 Å². The fourth-order valence-corrected chi connectivity index (χ4v) is 7.53. The molecule has 0 radical (unpaired) electrons. The molecule has 14 heteroatoms. The normalized spacial score (nSPS) is 28.2. The number of rotatable bonds is 5. The van der Waals surface area contributed by atoms with Gasteiger partial charge in [-0.05, 0) is 59.7 Å². The van der Waals surface area contributed by atoms with Crippen LogP contribution in [0.2, 0.25) is 0 Å². The molecule has 8 rings (SSSR count). The third-order valence-electron chi connectivity index (χ3n) is 10.1. The van der Waals surface area contributed by atoms with Crippen molar-refractivity contribution in [1.82, 2.24) is 0 Å². The summed E-state index contributed by atoms with van der Waals surface area (Å²) in [6.07, 6.45) is -8.04. The molecule has 4 aromatic carbocycles. The van der Waals surface area contributed by atoms with Gasteiger partial charge >= 0.3 is 11.9 Å². The van der Waals surface area contributed by atoms with Crippen LogP contribution in [0.3, 0.4) is 0 Å². The van der Waals surface area contributed by atoms with Crippen LogP contribution in [0.5, 0.6) is 28.7 Å². The zero-order valence-electron chi connectivity index (χ0n) is 27.5. The van der Waals surface area contributed by atoms with E-state index in [-0.39, 0.29) is 39.7 Å². The molecule has 53 heavy (non-hydrogen) atoms. The van der Waals surface area contributed by atoms with Gasteiger partial charge in [0.25, 0.3) is 0 Å². The number of aliphatic hydroxyl groups excluding tert-OH is 2. The highest BCUT2D eigenvalue weighted by Crippen LogP contribution is 2.59. The third kappa shape index (κ3) is 6.05. The lowest BCUT2D eigenvalue weighted by molar-refractivity contribution is -0.282. The van der Waals surface area contributed by atoms with Crippen molar-refractivity contribution in [2.24, 2.45) is 11.8 Å². The van der Waals surface area contributed by atoms with Crippen molar-refractivity contribution in [3.8, 4) is 40.1 Å². The van der Waals surface area contributed by atoms with Crippen LogP contribution >= 0.6 is 0 Å². The Bertz CT molecular complexity index is 2250. The van der Waals surface area contributed by atoms with Gasteiger partial charge in [-0.3, -0.25) is 14.4 Å². The Morgan fingerprint density at radius 3 is 1.81 bits per heavy atom. The molecule has 6 N–H and O–H groups in total. The molecule has 14 nitrogen and oxygen atoms in total. The standard InChI is InChI=1S/C39H32O14/c40-20-7-1-17(2-8-20)26-15-25(44)31-24(43)13-23(14-27(31)51-26)50-39-35(46)34(45)36-28(52-39)16-49-37(47)32-29(18-3-9-21(41)10-4-18)30(33(32)38(48)53-36)19-5-11-22(42)12-6-19/h1-15,28-30,32-36,39-43,45-46H,16H2/t28-,29-,30+,32+,33-,34+,35-,36+,39-/m1/s1. The van der Waals surface area contributed by atoms with Gasteiger partial charge in [0.05, 0.1) is 11.8 Å². The van der Waals surface area contributed by atoms with Crippen LogP contribution in [0.25, 0.3) is 22.3 Å². The molecule has 272 valence electrons. The van der Waals surface area contributed by atoms with Crippen molar-refractivity contribution < 1.29 is 63.6 Å². The maximum absolute atomic E-state index is 13.9. The zero-order chi connectivity index (χ0) is 37.1. The molecular weight excluding hydrogens is 692 g/mol. The number of fused-ring (bicyclic) bond motifs is 3. The van der Waals surface area contributed by atoms with E-state index in [1.165, 1.54) is 60.7 Å². The van der Waals surface area contributed by atoms with Gasteiger partial charge in [0.2, 0.25) is 6.29 Å². The Balaban J connectivity index is 1.08. The second-order valence-corrected chi connectivity index (χ2v) is 13.3. The number of ether oxygens (including phenoxy) is 4. The number of phenolic OH excluding ortho intramolecular Hbond substituents is 4. The monoisotopic (exact) mass is 724 g/mol. The van der Waals surface area contributed by atoms with Crippen LogP contribution in [0.4, 0.5) is 0 Å². The smallest absolute Gasteiger partial charge is 0.310 e. The Hall–Kier alpha value is -6.09. The van der Waals surface area contributed by atoms with E-state index in [1.807, 2.05) is 0 Å². The number of hydrogen-bond acceptors (Lipinski definition) is 14. The van der Waals surface area contributed by atoms with E-state index in [4.69, 9.17) is 23.4 Å². The molecule has 0 bridgehead atoms. The number of aliphatic hydroxyl groups is 2. The zero-order valence-corrected chi connectivity index (χ0v) is 27.5. The fourth-order valence-electron chi connectivity index (χ4n) is 7.53. The number of phenols is 4. The van der Waals surface area contributed by atoms with Gasteiger partial charge in [-0.2, -0.15) is 0 Å². The maximum atomic E-state index is 13.9. The molecule has 2 saturated heterocycles. The van der Waals surface area contributed by atoms with Crippen LogP contribution in [0, 0.1) is 11.8 Å². The molecule has 2 aliphatic heterocycles. The van der Waals surface area contributed by atoms with Gasteiger partial charge < -0.3 is 54.0 Å². The highest BCUT2D eigenvalue weighted by molar-refractivity contribution is 5.88. The SMILES string of the molecule is O=C1OC[C@H]2O[C@@H](Oc3cc(O)c4c(=O)cc(-c5ccc(O)cc5)oc4c3)[C@H](O)[C@H](O)[C@H]2OC(=O)[C@H]2[C@@H]1[C@H](c1ccc(O)cc1)[C@@H]2c1ccc(O)cc1. The summed E-state index contributed by atoms with van der Waals surface area (Å²) < 4.78 is 29.2. The van der Waals surface area contributed by atoms with Gasteiger partial charge in [0, 0.05) is 35.6 Å². The van der Waals surface area contributed by atoms with E-state index in [0.29, 0.717) is 16.7 Å². The molecule has 5 aromatic rings. The van der Waals surface area contributed by atoms with Gasteiger partial charge in [0.1, 0.15) is 70.4 Å². The highest BCUT2D eigenvalue weighted by atomic mass is 16.7. The molecule has 3 fully saturated rings. The van der Waals surface area contributed by atoms with E-state index < -0.39 is 84.1 Å². The molecule has 3 aliphatic rings. The molecule has 0 unspecified atom stereocenters. The van der Waals surface area contributed by atoms with Gasteiger partial charge in [-0.1, -0.05) is 24.3 Å². The van der Waals surface area contributed by atoms with E-state index in [0.717, 1.165) is 6.07 Å². The molecule has 0 amide bonds. The molecule has 9 atom stereocenters. The Labute approximate surface area is 299 Å². The summed E-state index contributed by atoms with van der Waals surface area (Å²) in [5.74, 6) is -5.37. The predicted molar refractivity (Wildman–Crippen MR) is 182 cm³/mol. The summed E-state index contributed by atoms with van der Waals surface area (Å²) in [6.45, 7) is -0.496. The second-order valence-electron chi connectivity index (χ2n) is 13.3. The minimum absolute atomic E-state index is 0.000576. The van der Waals surface area contributed by atoms with Gasteiger partial charge in [-0.25, -0.2) is 0 Å². The third-order valence-corrected chi connectivity index (χ3v) is 10.1. The van der Waals surface area contributed by atoms with Crippen LogP contribution in [-0.4, -0.2) is 79.9 Å². The molecule has 0 spiro atoms. The first kappa shape index (κ1) is 34.0. The maximum Gasteiger partial charge on any atom is 0.310 e. The molecular formula is C39H32O14. The first-order valence-electron chi connectivity index (χ1n) is 16.7. The summed E-state index contributed by atoms with van der Waals surface area (Å²) >= 11 is 0. The van der Waals surface area contributed by atoms with Crippen LogP contribution in [-0.2, 0) is 23.8 Å². The number of esters is 2. The largest absolute Gasteiger partial charge is 0.508 e. The van der Waals surface area contributed by atoms with Crippen LogP contribution in [0.1, 0.15) is 23.0 Å². The van der Waals surface area contributed by atoms with E-state index in [1.54, 1.807) is 24.3 Å². The molecule has 1 aliphatic carbocycles. The Kier molecular flexibility index (Phi) is 8.44. The van der Waals surface area contributed by atoms with Crippen LogP contribution < -0.4 is 10.2 Å². The lowest BCUT2D eigenvalue weighted by Crippen LogP contribution is -2.61. The first-order valence-corrected chi connectivity index (χ1v) is 16.7. The summed E-state index contributed by atoms with van der Waals surface area (Å²) in [7, 11) is 0. The fraction of sp³-hybridized carbons (Fsp3) is 0.256. The number of hydrogen-bond donors (Lipinski definition) is 6. The van der Waals surface area contributed by atoms with E-state index in [9.17, 15) is 45.0 Å². The van der Waals surface area contributed by atoms with Crippen LogP contribution in [0.15, 0.2) is 100 Å². The summed E-state index contributed by atoms with van der Waals surface area (Å²) in [4.78, 5) is 40.6. The molecule has 3 heterocycles. The number of aromatic hydroxyl groups is 4. The van der Waals surface area contributed by atoms with E-state index >= 15 is 0 Å². The summed E-state index contributed by atoms with van der Waals surface area (Å²) in [5.41, 5.74) is 1.10. The predicted octanol–water partition coefficient (Wildman–Crippen LogP) is 3.39. The van der Waals surface area contributed by atoms with Gasteiger partial charge in [-0.15, -0.1) is 0 Å². The van der Waals surface area contributed by atoms with E-state index in [2.05, 4.69) is 0 Å². The minimum Gasteiger partial charge on any atom is -0.508 e. The van der Waals surface area contributed by atoms with Crippen molar-refractivity contribution in [3.05, 3.63) is 112 Å². The number of benzene rings is 4. The highest BCUT2D eigenvalue weighted by Gasteiger charge is 2.62. The lowest BCUT2D eigenvalue weighted by atomic mass is 9.52. The Morgan fingerprint density at radius 1 is 0.642 bits per heavy atom. The lowest BCUT2D eigenvalue weighted by Gasteiger charge is -2.49. The average molecular weight is 725 g/mol. The van der Waals surface area contributed by atoms with Gasteiger partial charge in [0.15, 0.2) is 11.5 Å². The van der Waals surface area contributed by atoms with Crippen molar-refractivity contribution in [3.63, 3.8) is 0 Å². The van der Waals surface area contributed by atoms with Crippen molar-refractivity contribution in [2.45, 2.75) is 42.5 Å². The minimum atomic E-state index is -1.82. The number of cyclic esters (lactones) is 1. The van der Waals surface area contributed by atoms with Crippen molar-refractivity contribution >= 4 is 22.9 Å². The van der Waals surface area contributed by atoms with Crippen molar-refractivity contribution in [1.29, 1.82) is 0 Å². The molecule has 1 saturated carbocycles. The average Bonchev–Trinajstić information content (AvgIpc) is 3.15. The quantitative estimate of drug-likeness (QED) is 0.143. The summed E-state index contributed by atoms with van der Waals surface area (Å²) in [5, 5.41) is 62.5. The topological polar surface area (TPSA) is 223 Å².